The number of halogens is 3. The molecule has 1 atom stereocenters. The van der Waals surface area contributed by atoms with Gasteiger partial charge >= 0.3 is 0 Å². The average Bonchev–Trinajstić information content (AvgIpc) is 3.49. The third-order valence-corrected chi connectivity index (χ3v) is 6.66. The third-order valence-electron chi connectivity index (χ3n) is 5.24. The zero-order chi connectivity index (χ0) is 23.7. The van der Waals surface area contributed by atoms with Crippen LogP contribution in [-0.4, -0.2) is 36.5 Å². The second-order valence-corrected chi connectivity index (χ2v) is 9.23. The molecule has 172 valence electrons. The summed E-state index contributed by atoms with van der Waals surface area (Å²) in [5.41, 5.74) is 2.38. The standard InChI is InChI=1S/C23H18ClF2N7S/c1-13(24)17-11-28-20(26)10-16(17)15-4-2-3-14-9-19(34-22(14)15)21-18(25)12-29-23(31-21)27-5-7-33-8-6-30-32-33/h2-4,6,8-13H,5,7H2,1H3,(H,27,29,31). The summed E-state index contributed by atoms with van der Waals surface area (Å²) in [5.74, 6) is -0.808. The van der Waals surface area contributed by atoms with E-state index < -0.39 is 11.8 Å². The number of aromatic nitrogens is 6. The molecule has 11 heteroatoms. The lowest BCUT2D eigenvalue weighted by atomic mass is 9.99. The molecule has 0 radical (unpaired) electrons. The van der Waals surface area contributed by atoms with Gasteiger partial charge in [0.1, 0.15) is 5.69 Å². The Labute approximate surface area is 202 Å². The first-order valence-corrected chi connectivity index (χ1v) is 11.7. The van der Waals surface area contributed by atoms with Crippen molar-refractivity contribution in [3.63, 3.8) is 0 Å². The molecule has 0 fully saturated rings. The molecule has 4 aromatic heterocycles. The van der Waals surface area contributed by atoms with Crippen molar-refractivity contribution in [2.45, 2.75) is 18.8 Å². The quantitative estimate of drug-likeness (QED) is 0.229. The summed E-state index contributed by atoms with van der Waals surface area (Å²) in [6.07, 6.45) is 5.95. The van der Waals surface area contributed by atoms with Gasteiger partial charge in [-0.15, -0.1) is 28.0 Å². The summed E-state index contributed by atoms with van der Waals surface area (Å²) < 4.78 is 31.3. The molecule has 5 rings (SSSR count). The molecular formula is C23H18ClF2N7S. The molecule has 0 aliphatic rings. The van der Waals surface area contributed by atoms with E-state index in [1.807, 2.05) is 31.2 Å². The van der Waals surface area contributed by atoms with Gasteiger partial charge in [-0.25, -0.2) is 19.3 Å². The molecule has 0 saturated heterocycles. The molecule has 0 saturated carbocycles. The van der Waals surface area contributed by atoms with Gasteiger partial charge in [0.25, 0.3) is 0 Å². The van der Waals surface area contributed by atoms with E-state index in [9.17, 15) is 8.78 Å². The second kappa shape index (κ2) is 9.40. The van der Waals surface area contributed by atoms with Crippen LogP contribution < -0.4 is 5.32 Å². The monoisotopic (exact) mass is 497 g/mol. The van der Waals surface area contributed by atoms with Crippen LogP contribution in [-0.2, 0) is 6.54 Å². The van der Waals surface area contributed by atoms with Gasteiger partial charge in [-0.1, -0.05) is 23.4 Å². The normalized spacial score (nSPS) is 12.2. The molecule has 34 heavy (non-hydrogen) atoms. The van der Waals surface area contributed by atoms with Crippen molar-refractivity contribution in [1.82, 2.24) is 29.9 Å². The Hall–Kier alpha value is -3.50. The molecule has 0 amide bonds. The van der Waals surface area contributed by atoms with Crippen molar-refractivity contribution in [2.75, 3.05) is 11.9 Å². The molecule has 5 aromatic rings. The van der Waals surface area contributed by atoms with Gasteiger partial charge in [-0.3, -0.25) is 4.68 Å². The fraction of sp³-hybridized carbons (Fsp3) is 0.174. The summed E-state index contributed by atoms with van der Waals surface area (Å²) in [4.78, 5) is 12.8. The van der Waals surface area contributed by atoms with E-state index in [1.54, 1.807) is 17.1 Å². The number of hydrogen-bond acceptors (Lipinski definition) is 7. The van der Waals surface area contributed by atoms with Crippen LogP contribution in [0, 0.1) is 11.8 Å². The third kappa shape index (κ3) is 4.46. The Morgan fingerprint density at radius 2 is 2.03 bits per heavy atom. The maximum atomic E-state index is 14.7. The van der Waals surface area contributed by atoms with Crippen LogP contribution >= 0.6 is 22.9 Å². The minimum absolute atomic E-state index is 0.192. The minimum atomic E-state index is -0.590. The summed E-state index contributed by atoms with van der Waals surface area (Å²) in [6.45, 7) is 2.87. The molecule has 1 unspecified atom stereocenters. The van der Waals surface area contributed by atoms with Crippen LogP contribution in [0.25, 0.3) is 31.8 Å². The molecule has 1 aromatic carbocycles. The number of fused-ring (bicyclic) bond motifs is 1. The van der Waals surface area contributed by atoms with Gasteiger partial charge < -0.3 is 5.32 Å². The topological polar surface area (TPSA) is 81.4 Å². The maximum Gasteiger partial charge on any atom is 0.223 e. The van der Waals surface area contributed by atoms with Crippen LogP contribution in [0.15, 0.2) is 55.1 Å². The van der Waals surface area contributed by atoms with E-state index >= 15 is 0 Å². The van der Waals surface area contributed by atoms with Crippen molar-refractivity contribution >= 4 is 39.0 Å². The Morgan fingerprint density at radius 3 is 2.82 bits per heavy atom. The number of nitrogens with zero attached hydrogens (tertiary/aromatic N) is 6. The van der Waals surface area contributed by atoms with Crippen molar-refractivity contribution in [2.24, 2.45) is 0 Å². The van der Waals surface area contributed by atoms with Gasteiger partial charge in [-0.2, -0.15) is 4.39 Å². The van der Waals surface area contributed by atoms with E-state index in [1.165, 1.54) is 23.6 Å². The summed E-state index contributed by atoms with van der Waals surface area (Å²) in [5, 5.41) is 11.3. The highest BCUT2D eigenvalue weighted by Crippen LogP contribution is 2.41. The fourth-order valence-electron chi connectivity index (χ4n) is 3.64. The molecular weight excluding hydrogens is 480 g/mol. The largest absolute Gasteiger partial charge is 0.352 e. The van der Waals surface area contributed by atoms with Crippen molar-refractivity contribution < 1.29 is 8.78 Å². The second-order valence-electron chi connectivity index (χ2n) is 7.53. The maximum absolute atomic E-state index is 14.7. The zero-order valence-corrected chi connectivity index (χ0v) is 19.5. The Balaban J connectivity index is 1.51. The number of thiophene rings is 1. The smallest absolute Gasteiger partial charge is 0.223 e. The van der Waals surface area contributed by atoms with Crippen molar-refractivity contribution in [3.8, 4) is 21.7 Å². The first-order valence-electron chi connectivity index (χ1n) is 10.4. The number of anilines is 1. The zero-order valence-electron chi connectivity index (χ0n) is 17.9. The van der Waals surface area contributed by atoms with Crippen LogP contribution in [0.1, 0.15) is 17.9 Å². The molecule has 1 N–H and O–H groups in total. The summed E-state index contributed by atoms with van der Waals surface area (Å²) in [6, 6.07) is 8.95. The highest BCUT2D eigenvalue weighted by Gasteiger charge is 2.18. The van der Waals surface area contributed by atoms with Gasteiger partial charge in [0, 0.05) is 35.3 Å². The number of benzene rings is 1. The van der Waals surface area contributed by atoms with E-state index in [2.05, 4.69) is 30.6 Å². The minimum Gasteiger partial charge on any atom is -0.352 e. The predicted molar refractivity (Wildman–Crippen MR) is 129 cm³/mol. The Morgan fingerprint density at radius 1 is 1.15 bits per heavy atom. The van der Waals surface area contributed by atoms with Crippen LogP contribution in [0.4, 0.5) is 14.7 Å². The lowest BCUT2D eigenvalue weighted by Crippen LogP contribution is -2.13. The average molecular weight is 498 g/mol. The van der Waals surface area contributed by atoms with Gasteiger partial charge in [0.2, 0.25) is 11.9 Å². The number of alkyl halides is 1. The number of rotatable bonds is 7. The first kappa shape index (κ1) is 22.3. The van der Waals surface area contributed by atoms with E-state index in [-0.39, 0.29) is 11.1 Å². The molecule has 0 aliphatic carbocycles. The highest BCUT2D eigenvalue weighted by atomic mass is 35.5. The number of nitrogens with one attached hydrogen (secondary N) is 1. The molecule has 7 nitrogen and oxygen atoms in total. The summed E-state index contributed by atoms with van der Waals surface area (Å²) >= 11 is 7.71. The van der Waals surface area contributed by atoms with E-state index in [0.717, 1.165) is 27.4 Å². The Kier molecular flexibility index (Phi) is 6.16. The summed E-state index contributed by atoms with van der Waals surface area (Å²) in [7, 11) is 0. The molecule has 0 aliphatic heterocycles. The lowest BCUT2D eigenvalue weighted by molar-refractivity contribution is 0.583. The van der Waals surface area contributed by atoms with E-state index in [0.29, 0.717) is 29.5 Å². The van der Waals surface area contributed by atoms with Crippen LogP contribution in [0.3, 0.4) is 0 Å². The van der Waals surface area contributed by atoms with Crippen LogP contribution in [0.5, 0.6) is 0 Å². The van der Waals surface area contributed by atoms with Crippen LogP contribution in [0.2, 0.25) is 0 Å². The van der Waals surface area contributed by atoms with Gasteiger partial charge in [0.05, 0.1) is 29.2 Å². The molecule has 0 bridgehead atoms. The van der Waals surface area contributed by atoms with Gasteiger partial charge in [0.15, 0.2) is 5.82 Å². The SMILES string of the molecule is CC(Cl)c1cnc(F)cc1-c1cccc2cc(-c3nc(NCCn4ccnn4)ncc3F)sc12. The van der Waals surface area contributed by atoms with Gasteiger partial charge in [-0.05, 0) is 29.5 Å². The number of hydrogen-bond donors (Lipinski definition) is 1. The molecule has 0 spiro atoms. The highest BCUT2D eigenvalue weighted by molar-refractivity contribution is 7.22. The number of pyridine rings is 1. The van der Waals surface area contributed by atoms with E-state index in [4.69, 9.17) is 11.6 Å². The van der Waals surface area contributed by atoms with Crippen molar-refractivity contribution in [3.05, 3.63) is 72.4 Å². The fourth-order valence-corrected chi connectivity index (χ4v) is 4.99. The van der Waals surface area contributed by atoms with Crippen molar-refractivity contribution in [1.29, 1.82) is 0 Å². The Bertz CT molecular complexity index is 1450. The predicted octanol–water partition coefficient (Wildman–Crippen LogP) is 5.70. The lowest BCUT2D eigenvalue weighted by Gasteiger charge is -2.12. The first-order chi connectivity index (χ1) is 16.5. The molecule has 4 heterocycles.